The fourth-order valence-corrected chi connectivity index (χ4v) is 4.43. The van der Waals surface area contributed by atoms with Crippen molar-refractivity contribution in [2.75, 3.05) is 32.8 Å². The van der Waals surface area contributed by atoms with Gasteiger partial charge in [0.25, 0.3) is 0 Å². The minimum absolute atomic E-state index is 0.0405. The summed E-state index contributed by atoms with van der Waals surface area (Å²) >= 11 is 0. The van der Waals surface area contributed by atoms with Gasteiger partial charge in [-0.3, -0.25) is 9.59 Å². The molecule has 152 valence electrons. The van der Waals surface area contributed by atoms with E-state index < -0.39 is 0 Å². The number of carbonyl (C=O) groups excluding carboxylic acids is 2. The van der Waals surface area contributed by atoms with Gasteiger partial charge in [0, 0.05) is 45.1 Å². The largest absolute Gasteiger partial charge is 0.373 e. The van der Waals surface area contributed by atoms with E-state index >= 15 is 0 Å². The summed E-state index contributed by atoms with van der Waals surface area (Å²) in [7, 11) is 0. The smallest absolute Gasteiger partial charge is 0.248 e. The first kappa shape index (κ1) is 19.3. The molecule has 0 aromatic carbocycles. The number of carbonyl (C=O) groups is 2. The van der Waals surface area contributed by atoms with E-state index in [1.165, 1.54) is 6.33 Å². The number of hydrogen-bond acceptors (Lipinski definition) is 6. The van der Waals surface area contributed by atoms with Crippen molar-refractivity contribution in [1.29, 1.82) is 0 Å². The van der Waals surface area contributed by atoms with Gasteiger partial charge in [0.15, 0.2) is 0 Å². The van der Waals surface area contributed by atoms with Gasteiger partial charge < -0.3 is 19.3 Å². The summed E-state index contributed by atoms with van der Waals surface area (Å²) in [5, 5.41) is 0. The van der Waals surface area contributed by atoms with Crippen LogP contribution in [0.15, 0.2) is 18.7 Å². The number of nitrogens with zero attached hydrogens (tertiary/aromatic N) is 4. The molecule has 0 radical (unpaired) electrons. The summed E-state index contributed by atoms with van der Waals surface area (Å²) in [6.45, 7) is 2.89. The Morgan fingerprint density at radius 2 is 1.93 bits per heavy atom. The Morgan fingerprint density at radius 1 is 1.14 bits per heavy atom. The lowest BCUT2D eigenvalue weighted by atomic mass is 10.0. The van der Waals surface area contributed by atoms with Crippen molar-refractivity contribution in [2.24, 2.45) is 0 Å². The molecule has 1 aromatic rings. The molecule has 0 N–H and O–H groups in total. The molecule has 3 aliphatic heterocycles. The van der Waals surface area contributed by atoms with Gasteiger partial charge in [0.05, 0.1) is 6.04 Å². The molecule has 2 amide bonds. The zero-order valence-corrected chi connectivity index (χ0v) is 16.2. The van der Waals surface area contributed by atoms with Crippen LogP contribution in [-0.4, -0.2) is 82.7 Å². The maximum atomic E-state index is 12.9. The number of hydrogen-bond donors (Lipinski definition) is 0. The zero-order chi connectivity index (χ0) is 19.3. The molecular formula is C20H28N4O4. The SMILES string of the molecule is O=C(CO[C@H]1CN(C(=O)CCc2cncnc2)[C@@H]2CCCO[C@H]12)N1CCCC1. The Morgan fingerprint density at radius 3 is 2.71 bits per heavy atom. The first-order chi connectivity index (χ1) is 13.7. The number of aryl methyl sites for hydroxylation is 1. The van der Waals surface area contributed by atoms with E-state index in [0.717, 1.165) is 44.3 Å². The third-order valence-electron chi connectivity index (χ3n) is 5.92. The van der Waals surface area contributed by atoms with Gasteiger partial charge in [0.2, 0.25) is 11.8 Å². The Balaban J connectivity index is 1.33. The Bertz CT molecular complexity index is 680. The molecule has 0 saturated carbocycles. The van der Waals surface area contributed by atoms with Gasteiger partial charge in [-0.1, -0.05) is 0 Å². The second-order valence-corrected chi connectivity index (χ2v) is 7.78. The predicted octanol–water partition coefficient (Wildman–Crippen LogP) is 0.807. The first-order valence-electron chi connectivity index (χ1n) is 10.3. The highest BCUT2D eigenvalue weighted by Crippen LogP contribution is 2.31. The summed E-state index contributed by atoms with van der Waals surface area (Å²) in [6, 6.07) is 0.0418. The molecule has 8 heteroatoms. The minimum Gasteiger partial charge on any atom is -0.373 e. The van der Waals surface area contributed by atoms with Crippen LogP contribution in [0.25, 0.3) is 0 Å². The van der Waals surface area contributed by atoms with Crippen LogP contribution in [-0.2, 0) is 25.5 Å². The van der Waals surface area contributed by atoms with Crippen molar-refractivity contribution in [2.45, 2.75) is 56.8 Å². The van der Waals surface area contributed by atoms with Gasteiger partial charge in [-0.05, 0) is 37.7 Å². The topological polar surface area (TPSA) is 84.9 Å². The lowest BCUT2D eigenvalue weighted by molar-refractivity contribution is -0.141. The molecule has 4 rings (SSSR count). The molecule has 3 saturated heterocycles. The average Bonchev–Trinajstić information content (AvgIpc) is 3.40. The van der Waals surface area contributed by atoms with Crippen LogP contribution in [0.1, 0.15) is 37.7 Å². The third-order valence-corrected chi connectivity index (χ3v) is 5.92. The average molecular weight is 388 g/mol. The van der Waals surface area contributed by atoms with E-state index in [1.807, 2.05) is 9.80 Å². The minimum atomic E-state index is -0.235. The molecule has 0 unspecified atom stereocenters. The van der Waals surface area contributed by atoms with Crippen LogP contribution in [0.4, 0.5) is 0 Å². The Labute approximate surface area is 165 Å². The lowest BCUT2D eigenvalue weighted by Gasteiger charge is -2.32. The van der Waals surface area contributed by atoms with Gasteiger partial charge in [0.1, 0.15) is 25.1 Å². The summed E-state index contributed by atoms with van der Waals surface area (Å²) < 4.78 is 11.9. The van der Waals surface area contributed by atoms with Crippen molar-refractivity contribution in [3.8, 4) is 0 Å². The van der Waals surface area contributed by atoms with Crippen LogP contribution >= 0.6 is 0 Å². The van der Waals surface area contributed by atoms with Gasteiger partial charge in [-0.2, -0.15) is 0 Å². The van der Waals surface area contributed by atoms with Crippen LogP contribution in [0, 0.1) is 0 Å². The summed E-state index contributed by atoms with van der Waals surface area (Å²) in [6.07, 6.45) is 9.63. The molecule has 4 heterocycles. The Kier molecular flexibility index (Phi) is 6.17. The maximum absolute atomic E-state index is 12.9. The molecule has 8 nitrogen and oxygen atoms in total. The van der Waals surface area contributed by atoms with Crippen molar-refractivity contribution >= 4 is 11.8 Å². The summed E-state index contributed by atoms with van der Waals surface area (Å²) in [4.78, 5) is 36.9. The van der Waals surface area contributed by atoms with Crippen molar-refractivity contribution in [1.82, 2.24) is 19.8 Å². The van der Waals surface area contributed by atoms with E-state index in [2.05, 4.69) is 9.97 Å². The second kappa shape index (κ2) is 8.96. The summed E-state index contributed by atoms with van der Waals surface area (Å²) in [5.41, 5.74) is 0.954. The standard InChI is InChI=1S/C20H28N4O4/c25-18(6-5-15-10-21-14-22-11-15)24-12-17(20-16(24)4-3-9-27-20)28-13-19(26)23-7-1-2-8-23/h10-11,14,16-17,20H,1-9,12-13H2/t16-,17+,20+/m1/s1. The highest BCUT2D eigenvalue weighted by Gasteiger charge is 2.46. The van der Waals surface area contributed by atoms with Crippen LogP contribution < -0.4 is 0 Å². The number of aromatic nitrogens is 2. The van der Waals surface area contributed by atoms with E-state index in [1.54, 1.807) is 12.4 Å². The number of fused-ring (bicyclic) bond motifs is 1. The number of amides is 2. The van der Waals surface area contributed by atoms with Gasteiger partial charge >= 0.3 is 0 Å². The predicted molar refractivity (Wildman–Crippen MR) is 100 cm³/mol. The molecule has 3 atom stereocenters. The number of rotatable bonds is 6. The van der Waals surface area contributed by atoms with E-state index in [9.17, 15) is 9.59 Å². The Hall–Kier alpha value is -2.06. The monoisotopic (exact) mass is 388 g/mol. The third kappa shape index (κ3) is 4.33. The fourth-order valence-electron chi connectivity index (χ4n) is 4.43. The molecule has 28 heavy (non-hydrogen) atoms. The lowest BCUT2D eigenvalue weighted by Crippen LogP contribution is -2.44. The summed E-state index contributed by atoms with van der Waals surface area (Å²) in [5.74, 6) is 0.139. The fraction of sp³-hybridized carbons (Fsp3) is 0.700. The normalized spacial score (nSPS) is 27.1. The molecule has 0 aliphatic carbocycles. The maximum Gasteiger partial charge on any atom is 0.248 e. The van der Waals surface area contributed by atoms with E-state index in [4.69, 9.17) is 9.47 Å². The zero-order valence-electron chi connectivity index (χ0n) is 16.2. The van der Waals surface area contributed by atoms with E-state index in [0.29, 0.717) is 26.0 Å². The number of ether oxygens (including phenoxy) is 2. The van der Waals surface area contributed by atoms with Crippen LogP contribution in [0.5, 0.6) is 0 Å². The van der Waals surface area contributed by atoms with Crippen LogP contribution in [0.3, 0.4) is 0 Å². The van der Waals surface area contributed by atoms with Gasteiger partial charge in [-0.25, -0.2) is 9.97 Å². The van der Waals surface area contributed by atoms with Crippen molar-refractivity contribution < 1.29 is 19.1 Å². The molecular weight excluding hydrogens is 360 g/mol. The number of likely N-dealkylation sites (tertiary alicyclic amines) is 2. The van der Waals surface area contributed by atoms with Crippen LogP contribution in [0.2, 0.25) is 0 Å². The molecule has 0 spiro atoms. The molecule has 1 aromatic heterocycles. The molecule has 3 aliphatic rings. The highest BCUT2D eigenvalue weighted by molar-refractivity contribution is 5.78. The van der Waals surface area contributed by atoms with Crippen molar-refractivity contribution in [3.63, 3.8) is 0 Å². The van der Waals surface area contributed by atoms with Crippen molar-refractivity contribution in [3.05, 3.63) is 24.3 Å². The molecule has 3 fully saturated rings. The van der Waals surface area contributed by atoms with Gasteiger partial charge in [-0.15, -0.1) is 0 Å². The highest BCUT2D eigenvalue weighted by atomic mass is 16.5. The second-order valence-electron chi connectivity index (χ2n) is 7.78. The molecule has 0 bridgehead atoms. The first-order valence-corrected chi connectivity index (χ1v) is 10.3. The van der Waals surface area contributed by atoms with E-state index in [-0.39, 0.29) is 36.7 Å². The quantitative estimate of drug-likeness (QED) is 0.717.